The first-order valence-corrected chi connectivity index (χ1v) is 10.3. The molecule has 1 aliphatic heterocycles. The molecule has 1 fully saturated rings. The van der Waals surface area contributed by atoms with Gasteiger partial charge in [0, 0.05) is 22.9 Å². The third-order valence-electron chi connectivity index (χ3n) is 5.62. The number of aromatic nitrogens is 1. The first-order chi connectivity index (χ1) is 13.6. The van der Waals surface area contributed by atoms with Gasteiger partial charge in [0.25, 0.3) is 5.91 Å². The number of carbonyl (C=O) groups excluding carboxylic acids is 2. The van der Waals surface area contributed by atoms with E-state index in [1.165, 1.54) is 12.8 Å². The zero-order valence-electron chi connectivity index (χ0n) is 15.7. The summed E-state index contributed by atoms with van der Waals surface area (Å²) in [6.45, 7) is 0. The number of benzene rings is 1. The normalized spacial score (nSPS) is 20.0. The Labute approximate surface area is 170 Å². The van der Waals surface area contributed by atoms with Crippen molar-refractivity contribution in [3.8, 4) is 0 Å². The Morgan fingerprint density at radius 3 is 2.54 bits per heavy atom. The average Bonchev–Trinajstić information content (AvgIpc) is 2.85. The smallest absolute Gasteiger partial charge is 0.260 e. The molecule has 1 aromatic heterocycles. The first-order valence-electron chi connectivity index (χ1n) is 9.97. The minimum absolute atomic E-state index is 0.0258. The van der Waals surface area contributed by atoms with E-state index in [9.17, 15) is 9.59 Å². The summed E-state index contributed by atoms with van der Waals surface area (Å²) >= 11 is 6.01. The van der Waals surface area contributed by atoms with Crippen LogP contribution in [0.4, 0.5) is 5.69 Å². The number of rotatable bonds is 4. The highest BCUT2D eigenvalue weighted by Gasteiger charge is 2.40. The number of fused-ring (bicyclic) bond motifs is 1. The van der Waals surface area contributed by atoms with Gasteiger partial charge in [-0.2, -0.15) is 0 Å². The molecule has 2 aliphatic rings. The molecule has 0 spiro atoms. The highest BCUT2D eigenvalue weighted by Crippen LogP contribution is 2.38. The molecule has 5 nitrogen and oxygen atoms in total. The number of nitrogens with zero attached hydrogens (tertiary/aromatic N) is 2. The summed E-state index contributed by atoms with van der Waals surface area (Å²) in [5, 5.41) is 3.79. The molecule has 1 aromatic carbocycles. The van der Waals surface area contributed by atoms with Gasteiger partial charge in [-0.25, -0.2) is 0 Å². The second kappa shape index (κ2) is 8.31. The lowest BCUT2D eigenvalue weighted by Crippen LogP contribution is -2.37. The van der Waals surface area contributed by atoms with Gasteiger partial charge in [0.15, 0.2) is 0 Å². The second-order valence-electron chi connectivity index (χ2n) is 7.56. The summed E-state index contributed by atoms with van der Waals surface area (Å²) in [7, 11) is 0. The van der Waals surface area contributed by atoms with E-state index in [1.807, 2.05) is 12.1 Å². The molecule has 28 heavy (non-hydrogen) atoms. The van der Waals surface area contributed by atoms with Crippen LogP contribution in [0.5, 0.6) is 0 Å². The standard InChI is InChI=1S/C22H24ClN3O2/c23-15-9-11-17(12-10-15)26-19(21-18(22(26)28)8-5-13-24-21)14-20(27)25-16-6-3-1-2-4-7-16/h5,8-13,16,19H,1-4,6-7,14H2,(H,25,27)/t19-/m1/s1. The monoisotopic (exact) mass is 397 g/mol. The van der Waals surface area contributed by atoms with Crippen molar-refractivity contribution in [3.63, 3.8) is 0 Å². The minimum atomic E-state index is -0.407. The van der Waals surface area contributed by atoms with Crippen molar-refractivity contribution in [1.29, 1.82) is 0 Å². The first kappa shape index (κ1) is 18.9. The molecule has 4 rings (SSSR count). The molecular weight excluding hydrogens is 374 g/mol. The molecule has 1 N–H and O–H groups in total. The number of halogens is 1. The number of hydrogen-bond donors (Lipinski definition) is 1. The number of anilines is 1. The summed E-state index contributed by atoms with van der Waals surface area (Å²) in [4.78, 5) is 32.0. The molecule has 1 atom stereocenters. The molecule has 0 saturated heterocycles. The van der Waals surface area contributed by atoms with Gasteiger partial charge in [-0.1, -0.05) is 37.3 Å². The Morgan fingerprint density at radius 1 is 1.11 bits per heavy atom. The van der Waals surface area contributed by atoms with Gasteiger partial charge in [-0.15, -0.1) is 0 Å². The molecule has 0 radical (unpaired) electrons. The van der Waals surface area contributed by atoms with Crippen molar-refractivity contribution < 1.29 is 9.59 Å². The van der Waals surface area contributed by atoms with Crippen molar-refractivity contribution in [2.75, 3.05) is 4.90 Å². The van der Waals surface area contributed by atoms with E-state index in [1.54, 1.807) is 35.4 Å². The van der Waals surface area contributed by atoms with E-state index in [-0.39, 0.29) is 24.3 Å². The minimum Gasteiger partial charge on any atom is -0.353 e. The predicted molar refractivity (Wildman–Crippen MR) is 109 cm³/mol. The van der Waals surface area contributed by atoms with E-state index < -0.39 is 6.04 Å². The van der Waals surface area contributed by atoms with Crippen LogP contribution in [0.3, 0.4) is 0 Å². The lowest BCUT2D eigenvalue weighted by Gasteiger charge is -2.25. The maximum Gasteiger partial charge on any atom is 0.260 e. The van der Waals surface area contributed by atoms with E-state index in [0.29, 0.717) is 16.3 Å². The van der Waals surface area contributed by atoms with Gasteiger partial charge >= 0.3 is 0 Å². The zero-order chi connectivity index (χ0) is 19.5. The Kier molecular flexibility index (Phi) is 5.62. The quantitative estimate of drug-likeness (QED) is 0.763. The third kappa shape index (κ3) is 3.90. The fraction of sp³-hybridized carbons (Fsp3) is 0.409. The van der Waals surface area contributed by atoms with Crippen LogP contribution in [0, 0.1) is 0 Å². The summed E-state index contributed by atoms with van der Waals surface area (Å²) in [5.74, 6) is -0.153. The summed E-state index contributed by atoms with van der Waals surface area (Å²) < 4.78 is 0. The van der Waals surface area contributed by atoms with Crippen LogP contribution >= 0.6 is 11.6 Å². The van der Waals surface area contributed by atoms with Crippen molar-refractivity contribution in [3.05, 3.63) is 58.9 Å². The molecule has 1 aliphatic carbocycles. The molecule has 2 heterocycles. The largest absolute Gasteiger partial charge is 0.353 e. The van der Waals surface area contributed by atoms with Gasteiger partial charge in [0.1, 0.15) is 0 Å². The molecule has 146 valence electrons. The van der Waals surface area contributed by atoms with Gasteiger partial charge in [-0.3, -0.25) is 19.5 Å². The lowest BCUT2D eigenvalue weighted by atomic mass is 10.1. The SMILES string of the molecule is O=C(C[C@@H]1c2ncccc2C(=O)N1c1ccc(Cl)cc1)NC1CCCCCC1. The van der Waals surface area contributed by atoms with Crippen molar-refractivity contribution in [2.45, 2.75) is 57.0 Å². The zero-order valence-corrected chi connectivity index (χ0v) is 16.5. The van der Waals surface area contributed by atoms with E-state index >= 15 is 0 Å². The Balaban J connectivity index is 1.57. The summed E-state index contributed by atoms with van der Waals surface area (Å²) in [6.07, 6.45) is 8.75. The maximum atomic E-state index is 13.0. The number of amides is 2. The Hall–Kier alpha value is -2.40. The summed E-state index contributed by atoms with van der Waals surface area (Å²) in [6, 6.07) is 10.5. The van der Waals surface area contributed by atoms with Gasteiger partial charge in [0.05, 0.1) is 23.7 Å². The van der Waals surface area contributed by atoms with Crippen LogP contribution in [-0.2, 0) is 4.79 Å². The third-order valence-corrected chi connectivity index (χ3v) is 5.87. The molecule has 0 bridgehead atoms. The van der Waals surface area contributed by atoms with Crippen LogP contribution in [0.15, 0.2) is 42.6 Å². The van der Waals surface area contributed by atoms with Crippen LogP contribution in [0.2, 0.25) is 5.02 Å². The fourth-order valence-electron chi connectivity index (χ4n) is 4.23. The van der Waals surface area contributed by atoms with Crippen LogP contribution < -0.4 is 10.2 Å². The van der Waals surface area contributed by atoms with E-state index in [0.717, 1.165) is 31.4 Å². The number of pyridine rings is 1. The average molecular weight is 398 g/mol. The van der Waals surface area contributed by atoms with Crippen LogP contribution in [0.25, 0.3) is 0 Å². The lowest BCUT2D eigenvalue weighted by molar-refractivity contribution is -0.122. The number of hydrogen-bond acceptors (Lipinski definition) is 3. The van der Waals surface area contributed by atoms with Gasteiger partial charge < -0.3 is 5.32 Å². The molecular formula is C22H24ClN3O2. The second-order valence-corrected chi connectivity index (χ2v) is 8.00. The number of nitrogens with one attached hydrogen (secondary N) is 1. The van der Waals surface area contributed by atoms with E-state index in [4.69, 9.17) is 11.6 Å². The Bertz CT molecular complexity index is 860. The predicted octanol–water partition coefficient (Wildman–Crippen LogP) is 4.67. The van der Waals surface area contributed by atoms with Gasteiger partial charge in [-0.05, 0) is 49.2 Å². The highest BCUT2D eigenvalue weighted by molar-refractivity contribution is 6.30. The maximum absolute atomic E-state index is 13.0. The summed E-state index contributed by atoms with van der Waals surface area (Å²) in [5.41, 5.74) is 1.95. The van der Waals surface area contributed by atoms with Crippen LogP contribution in [-0.4, -0.2) is 22.8 Å². The van der Waals surface area contributed by atoms with Crippen molar-refractivity contribution in [2.24, 2.45) is 0 Å². The highest BCUT2D eigenvalue weighted by atomic mass is 35.5. The molecule has 0 unspecified atom stereocenters. The molecule has 2 amide bonds. The number of carbonyl (C=O) groups is 2. The Morgan fingerprint density at radius 2 is 1.82 bits per heavy atom. The van der Waals surface area contributed by atoms with Crippen molar-refractivity contribution in [1.82, 2.24) is 10.3 Å². The van der Waals surface area contributed by atoms with Gasteiger partial charge in [0.2, 0.25) is 5.91 Å². The van der Waals surface area contributed by atoms with Crippen LogP contribution in [0.1, 0.15) is 67.0 Å². The van der Waals surface area contributed by atoms with E-state index in [2.05, 4.69) is 10.3 Å². The molecule has 6 heteroatoms. The fourth-order valence-corrected chi connectivity index (χ4v) is 4.36. The van der Waals surface area contributed by atoms with Crippen molar-refractivity contribution >= 4 is 29.1 Å². The topological polar surface area (TPSA) is 62.3 Å². The molecule has 2 aromatic rings. The molecule has 1 saturated carbocycles.